The molecule has 0 aliphatic rings. The van der Waals surface area contributed by atoms with Gasteiger partial charge in [0.1, 0.15) is 10.8 Å². The van der Waals surface area contributed by atoms with E-state index < -0.39 is 0 Å². The Morgan fingerprint density at radius 2 is 2.05 bits per heavy atom. The van der Waals surface area contributed by atoms with E-state index in [-0.39, 0.29) is 17.4 Å². The van der Waals surface area contributed by atoms with Crippen LogP contribution in [0, 0.1) is 0 Å². The summed E-state index contributed by atoms with van der Waals surface area (Å²) in [4.78, 5) is 11.9. The number of nitrogens with zero attached hydrogens (tertiary/aromatic N) is 2. The van der Waals surface area contributed by atoms with Crippen molar-refractivity contribution >= 4 is 39.7 Å². The lowest BCUT2D eigenvalue weighted by atomic mass is 10.1. The Balaban J connectivity index is 1.83. The van der Waals surface area contributed by atoms with E-state index in [9.17, 15) is 4.79 Å². The lowest BCUT2D eigenvalue weighted by Crippen LogP contribution is -2.35. The summed E-state index contributed by atoms with van der Waals surface area (Å²) >= 11 is 6.50. The lowest BCUT2D eigenvalue weighted by molar-refractivity contribution is -0.119. The van der Waals surface area contributed by atoms with Crippen molar-refractivity contribution in [3.63, 3.8) is 0 Å². The van der Waals surface area contributed by atoms with Crippen LogP contribution in [0.25, 0.3) is 0 Å². The van der Waals surface area contributed by atoms with Gasteiger partial charge in [-0.25, -0.2) is 0 Å². The number of methoxy groups -OCH3 is 1. The van der Waals surface area contributed by atoms with E-state index in [1.807, 2.05) is 31.2 Å². The predicted molar refractivity (Wildman–Crippen MR) is 90.3 cm³/mol. The minimum absolute atomic E-state index is 0.192. The minimum atomic E-state index is -0.192. The number of amides is 1. The first kappa shape index (κ1) is 16.3. The number of rotatable bonds is 5. The van der Waals surface area contributed by atoms with Crippen molar-refractivity contribution < 1.29 is 9.53 Å². The van der Waals surface area contributed by atoms with Crippen LogP contribution in [0.1, 0.15) is 17.5 Å². The van der Waals surface area contributed by atoms with E-state index in [1.54, 1.807) is 7.11 Å². The number of nitrogens with one attached hydrogen (secondary N) is 2. The van der Waals surface area contributed by atoms with Crippen LogP contribution in [0.4, 0.5) is 5.13 Å². The number of thiocarbonyl (C=S) groups is 1. The molecule has 2 N–H and O–H groups in total. The van der Waals surface area contributed by atoms with Gasteiger partial charge in [-0.1, -0.05) is 30.4 Å². The van der Waals surface area contributed by atoms with Gasteiger partial charge in [0.05, 0.1) is 13.5 Å². The number of aryl methyl sites for hydroxylation is 1. The van der Waals surface area contributed by atoms with Crippen LogP contribution in [0.5, 0.6) is 5.75 Å². The summed E-state index contributed by atoms with van der Waals surface area (Å²) in [7, 11) is 1.60. The number of hydrogen-bond donors (Lipinski definition) is 2. The third-order valence-electron chi connectivity index (χ3n) is 2.77. The van der Waals surface area contributed by atoms with Crippen molar-refractivity contribution in [2.24, 2.45) is 0 Å². The Bertz CT molecular complexity index is 655. The minimum Gasteiger partial charge on any atom is -0.497 e. The number of aromatic nitrogens is 2. The number of carbonyl (C=O) groups is 1. The number of hydrogen-bond acceptors (Lipinski definition) is 6. The smallest absolute Gasteiger partial charge is 0.230 e. The molecule has 22 heavy (non-hydrogen) atoms. The summed E-state index contributed by atoms with van der Waals surface area (Å²) in [5, 5.41) is 15.1. The average molecular weight is 336 g/mol. The van der Waals surface area contributed by atoms with Crippen LogP contribution in [0.3, 0.4) is 0 Å². The van der Waals surface area contributed by atoms with Gasteiger partial charge in [0.25, 0.3) is 0 Å². The molecular formula is C14H16N4O2S2. The molecular weight excluding hydrogens is 320 g/mol. The molecule has 2 rings (SSSR count). The Labute approximate surface area is 137 Å². The highest BCUT2D eigenvalue weighted by atomic mass is 32.1. The van der Waals surface area contributed by atoms with Crippen LogP contribution < -0.4 is 15.4 Å². The first-order valence-corrected chi connectivity index (χ1v) is 7.89. The van der Waals surface area contributed by atoms with E-state index >= 15 is 0 Å². The van der Waals surface area contributed by atoms with Gasteiger partial charge in [-0.15, -0.1) is 10.2 Å². The normalized spacial score (nSPS) is 10.1. The molecule has 0 radical (unpaired) electrons. The zero-order valence-corrected chi connectivity index (χ0v) is 13.9. The number of anilines is 1. The van der Waals surface area contributed by atoms with Crippen LogP contribution in [-0.2, 0) is 17.6 Å². The fraction of sp³-hybridized carbons (Fsp3) is 0.286. The largest absolute Gasteiger partial charge is 0.497 e. The summed E-state index contributed by atoms with van der Waals surface area (Å²) in [5.74, 6) is 0.562. The monoisotopic (exact) mass is 336 g/mol. The molecule has 0 unspecified atom stereocenters. The van der Waals surface area contributed by atoms with Gasteiger partial charge in [-0.05, 0) is 36.3 Å². The highest BCUT2D eigenvalue weighted by molar-refractivity contribution is 7.80. The van der Waals surface area contributed by atoms with Crippen LogP contribution >= 0.6 is 23.6 Å². The van der Waals surface area contributed by atoms with Crippen molar-refractivity contribution in [3.8, 4) is 5.75 Å². The van der Waals surface area contributed by atoms with Crippen molar-refractivity contribution in [1.82, 2.24) is 15.5 Å². The summed E-state index contributed by atoms with van der Waals surface area (Å²) in [6.45, 7) is 2.00. The molecule has 1 aromatic heterocycles. The third kappa shape index (κ3) is 4.74. The van der Waals surface area contributed by atoms with Crippen molar-refractivity contribution in [3.05, 3.63) is 34.8 Å². The van der Waals surface area contributed by atoms with Gasteiger partial charge in [0, 0.05) is 0 Å². The highest BCUT2D eigenvalue weighted by Gasteiger charge is 2.09. The second kappa shape index (κ2) is 7.81. The summed E-state index contributed by atoms with van der Waals surface area (Å²) in [6.07, 6.45) is 1.05. The van der Waals surface area contributed by atoms with Crippen molar-refractivity contribution in [1.29, 1.82) is 0 Å². The van der Waals surface area contributed by atoms with E-state index in [4.69, 9.17) is 17.0 Å². The Kier molecular flexibility index (Phi) is 5.79. The first-order chi connectivity index (χ1) is 10.6. The van der Waals surface area contributed by atoms with E-state index in [2.05, 4.69) is 20.8 Å². The molecule has 2 aromatic rings. The molecule has 0 fully saturated rings. The second-order valence-corrected chi connectivity index (χ2v) is 5.85. The average Bonchev–Trinajstić information content (AvgIpc) is 2.95. The van der Waals surface area contributed by atoms with Gasteiger partial charge in [0.2, 0.25) is 11.0 Å². The number of benzene rings is 1. The quantitative estimate of drug-likeness (QED) is 0.815. The third-order valence-corrected chi connectivity index (χ3v) is 3.95. The Morgan fingerprint density at radius 3 is 2.64 bits per heavy atom. The zero-order chi connectivity index (χ0) is 15.9. The SMILES string of the molecule is CCc1nnc(NC(=S)NC(=O)Cc2ccc(OC)cc2)s1. The maximum atomic E-state index is 11.9. The highest BCUT2D eigenvalue weighted by Crippen LogP contribution is 2.15. The molecule has 0 saturated carbocycles. The molecule has 1 aromatic carbocycles. The second-order valence-electron chi connectivity index (χ2n) is 4.38. The standard InChI is InChI=1S/C14H16N4O2S2/c1-3-12-17-18-14(22-12)16-13(21)15-11(19)8-9-4-6-10(20-2)7-5-9/h4-7H,3,8H2,1-2H3,(H2,15,16,18,19,21). The molecule has 6 nitrogen and oxygen atoms in total. The number of ether oxygens (including phenoxy) is 1. The molecule has 0 spiro atoms. The Hall–Kier alpha value is -2.06. The van der Waals surface area contributed by atoms with Gasteiger partial charge >= 0.3 is 0 Å². The molecule has 0 bridgehead atoms. The van der Waals surface area contributed by atoms with E-state index in [0.717, 1.165) is 22.7 Å². The van der Waals surface area contributed by atoms with Crippen LogP contribution in [0.15, 0.2) is 24.3 Å². The zero-order valence-electron chi connectivity index (χ0n) is 12.3. The molecule has 0 saturated heterocycles. The van der Waals surface area contributed by atoms with E-state index in [0.29, 0.717) is 5.13 Å². The van der Waals surface area contributed by atoms with Crippen LogP contribution in [0.2, 0.25) is 0 Å². The molecule has 1 heterocycles. The van der Waals surface area contributed by atoms with Crippen molar-refractivity contribution in [2.45, 2.75) is 19.8 Å². The van der Waals surface area contributed by atoms with Crippen molar-refractivity contribution in [2.75, 3.05) is 12.4 Å². The maximum Gasteiger partial charge on any atom is 0.230 e. The fourth-order valence-corrected chi connectivity index (χ4v) is 2.63. The molecule has 8 heteroatoms. The molecule has 0 aliphatic carbocycles. The summed E-state index contributed by atoms with van der Waals surface area (Å²) in [5.41, 5.74) is 0.880. The van der Waals surface area contributed by atoms with Crippen LogP contribution in [-0.4, -0.2) is 28.3 Å². The summed E-state index contributed by atoms with van der Waals surface area (Å²) in [6, 6.07) is 7.31. The van der Waals surface area contributed by atoms with Gasteiger partial charge in [0.15, 0.2) is 5.11 Å². The topological polar surface area (TPSA) is 76.1 Å². The van der Waals surface area contributed by atoms with Gasteiger partial charge in [-0.2, -0.15) is 0 Å². The summed E-state index contributed by atoms with van der Waals surface area (Å²) < 4.78 is 5.07. The van der Waals surface area contributed by atoms with E-state index in [1.165, 1.54) is 11.3 Å². The predicted octanol–water partition coefficient (Wildman–Crippen LogP) is 2.16. The molecule has 116 valence electrons. The Morgan fingerprint density at radius 1 is 1.32 bits per heavy atom. The molecule has 0 aliphatic heterocycles. The maximum absolute atomic E-state index is 11.9. The first-order valence-electron chi connectivity index (χ1n) is 6.67. The fourth-order valence-electron chi connectivity index (χ4n) is 1.67. The lowest BCUT2D eigenvalue weighted by Gasteiger charge is -2.07. The number of carbonyl (C=O) groups excluding carboxylic acids is 1. The molecule has 1 amide bonds. The molecule has 0 atom stereocenters. The van der Waals surface area contributed by atoms with Gasteiger partial charge in [-0.3, -0.25) is 4.79 Å². The van der Waals surface area contributed by atoms with Gasteiger partial charge < -0.3 is 15.4 Å².